The maximum atomic E-state index is 5.62. The van der Waals surface area contributed by atoms with Crippen LogP contribution >= 0.6 is 24.0 Å². The molecule has 1 saturated heterocycles. The van der Waals surface area contributed by atoms with Gasteiger partial charge in [0.2, 0.25) is 0 Å². The van der Waals surface area contributed by atoms with Gasteiger partial charge in [0.15, 0.2) is 17.5 Å². The first-order valence-electron chi connectivity index (χ1n) is 8.17. The van der Waals surface area contributed by atoms with Crippen molar-refractivity contribution in [2.24, 2.45) is 4.99 Å². The van der Waals surface area contributed by atoms with Crippen molar-refractivity contribution < 1.29 is 14.2 Å². The first-order valence-corrected chi connectivity index (χ1v) is 8.17. The van der Waals surface area contributed by atoms with Gasteiger partial charge in [0.1, 0.15) is 0 Å². The molecule has 6 nitrogen and oxygen atoms in total. The number of hydrogen-bond donors (Lipinski definition) is 2. The van der Waals surface area contributed by atoms with E-state index in [4.69, 9.17) is 14.2 Å². The Balaban J connectivity index is 0.00000288. The average molecular weight is 449 g/mol. The van der Waals surface area contributed by atoms with Crippen LogP contribution in [0, 0.1) is 0 Å². The highest BCUT2D eigenvalue weighted by Crippen LogP contribution is 2.30. The van der Waals surface area contributed by atoms with Crippen molar-refractivity contribution in [3.05, 3.63) is 18.2 Å². The Labute approximate surface area is 161 Å². The fraction of sp³-hybridized carbons (Fsp3) is 0.588. The van der Waals surface area contributed by atoms with Crippen LogP contribution in [0.15, 0.2) is 23.2 Å². The lowest BCUT2D eigenvalue weighted by molar-refractivity contribution is 0.105. The number of nitrogens with one attached hydrogen (secondary N) is 2. The van der Waals surface area contributed by atoms with Crippen LogP contribution in [0.4, 0.5) is 5.69 Å². The van der Waals surface area contributed by atoms with Crippen molar-refractivity contribution in [2.75, 3.05) is 39.2 Å². The van der Waals surface area contributed by atoms with E-state index < -0.39 is 0 Å². The summed E-state index contributed by atoms with van der Waals surface area (Å²) in [5, 5.41) is 6.58. The van der Waals surface area contributed by atoms with E-state index in [1.54, 1.807) is 14.2 Å². The maximum absolute atomic E-state index is 5.62. The van der Waals surface area contributed by atoms with Crippen LogP contribution in [0.25, 0.3) is 0 Å². The van der Waals surface area contributed by atoms with E-state index in [0.717, 1.165) is 49.1 Å². The first kappa shape index (κ1) is 20.8. The van der Waals surface area contributed by atoms with Gasteiger partial charge in [0.05, 0.1) is 19.8 Å². The first-order chi connectivity index (χ1) is 11.3. The summed E-state index contributed by atoms with van der Waals surface area (Å²) in [7, 11) is 3.39. The summed E-state index contributed by atoms with van der Waals surface area (Å²) in [6.45, 7) is 4.27. The average Bonchev–Trinajstić information content (AvgIpc) is 3.08. The molecule has 24 heavy (non-hydrogen) atoms. The topological polar surface area (TPSA) is 64.1 Å². The number of guanidine groups is 1. The van der Waals surface area contributed by atoms with Gasteiger partial charge in [0, 0.05) is 32.0 Å². The predicted molar refractivity (Wildman–Crippen MR) is 108 cm³/mol. The Morgan fingerprint density at radius 2 is 2.21 bits per heavy atom. The van der Waals surface area contributed by atoms with Gasteiger partial charge >= 0.3 is 0 Å². The third-order valence-corrected chi connectivity index (χ3v) is 3.73. The van der Waals surface area contributed by atoms with E-state index in [9.17, 15) is 0 Å². The Morgan fingerprint density at radius 1 is 1.38 bits per heavy atom. The summed E-state index contributed by atoms with van der Waals surface area (Å²) in [6.07, 6.45) is 3.70. The molecule has 1 fully saturated rings. The Bertz CT molecular complexity index is 520. The fourth-order valence-electron chi connectivity index (χ4n) is 2.56. The van der Waals surface area contributed by atoms with Crippen molar-refractivity contribution >= 4 is 35.6 Å². The molecule has 0 spiro atoms. The van der Waals surface area contributed by atoms with Gasteiger partial charge in [-0.1, -0.05) is 0 Å². The minimum atomic E-state index is 0. The third-order valence-electron chi connectivity index (χ3n) is 3.73. The molecule has 0 saturated carbocycles. The van der Waals surface area contributed by atoms with E-state index >= 15 is 0 Å². The van der Waals surface area contributed by atoms with E-state index in [-0.39, 0.29) is 24.0 Å². The number of halogens is 1. The van der Waals surface area contributed by atoms with Gasteiger partial charge in [-0.3, -0.25) is 4.99 Å². The van der Waals surface area contributed by atoms with Crippen LogP contribution in [0.2, 0.25) is 0 Å². The van der Waals surface area contributed by atoms with E-state index in [0.29, 0.717) is 12.7 Å². The molecule has 0 bridgehead atoms. The molecule has 136 valence electrons. The molecule has 1 aromatic rings. The predicted octanol–water partition coefficient (Wildman–Crippen LogP) is 3.27. The lowest BCUT2D eigenvalue weighted by Crippen LogP contribution is -2.32. The number of aliphatic imine (C=N–C) groups is 1. The number of methoxy groups -OCH3 is 1. The Kier molecular flexibility index (Phi) is 9.85. The van der Waals surface area contributed by atoms with Gasteiger partial charge in [0.25, 0.3) is 0 Å². The zero-order valence-corrected chi connectivity index (χ0v) is 17.0. The highest BCUT2D eigenvalue weighted by molar-refractivity contribution is 14.0. The summed E-state index contributed by atoms with van der Waals surface area (Å²) >= 11 is 0. The SMILES string of the molecule is CCOc1cc(NC(=NC)NCCC2CCCO2)ccc1OC.I. The van der Waals surface area contributed by atoms with Crippen molar-refractivity contribution in [3.8, 4) is 11.5 Å². The van der Waals surface area contributed by atoms with Crippen molar-refractivity contribution in [1.82, 2.24) is 5.32 Å². The normalized spacial score (nSPS) is 17.1. The summed E-state index contributed by atoms with van der Waals surface area (Å²) < 4.78 is 16.5. The van der Waals surface area contributed by atoms with Gasteiger partial charge in [-0.15, -0.1) is 24.0 Å². The van der Waals surface area contributed by atoms with E-state index in [1.807, 2.05) is 25.1 Å². The Hall–Kier alpha value is -1.22. The third kappa shape index (κ3) is 6.35. The molecule has 2 N–H and O–H groups in total. The lowest BCUT2D eigenvalue weighted by atomic mass is 10.2. The van der Waals surface area contributed by atoms with Gasteiger partial charge in [-0.05, 0) is 38.3 Å². The molecule has 1 heterocycles. The van der Waals surface area contributed by atoms with Crippen LogP contribution in [0.1, 0.15) is 26.2 Å². The van der Waals surface area contributed by atoms with Crippen molar-refractivity contribution in [2.45, 2.75) is 32.3 Å². The van der Waals surface area contributed by atoms with Gasteiger partial charge in [-0.2, -0.15) is 0 Å². The second-order valence-electron chi connectivity index (χ2n) is 5.35. The smallest absolute Gasteiger partial charge is 0.195 e. The number of nitrogens with zero attached hydrogens (tertiary/aromatic N) is 1. The monoisotopic (exact) mass is 449 g/mol. The highest BCUT2D eigenvalue weighted by atomic mass is 127. The number of anilines is 1. The molecule has 2 rings (SSSR count). The molecule has 7 heteroatoms. The Morgan fingerprint density at radius 3 is 2.83 bits per heavy atom. The maximum Gasteiger partial charge on any atom is 0.195 e. The van der Waals surface area contributed by atoms with Crippen LogP contribution in [0.3, 0.4) is 0 Å². The van der Waals surface area contributed by atoms with Gasteiger partial charge < -0.3 is 24.8 Å². The zero-order valence-electron chi connectivity index (χ0n) is 14.6. The molecule has 0 aromatic heterocycles. The summed E-state index contributed by atoms with van der Waals surface area (Å²) in [6, 6.07) is 5.73. The largest absolute Gasteiger partial charge is 0.493 e. The molecule has 0 amide bonds. The van der Waals surface area contributed by atoms with Crippen LogP contribution in [0.5, 0.6) is 11.5 Å². The molecular weight excluding hydrogens is 421 g/mol. The quantitative estimate of drug-likeness (QED) is 0.380. The van der Waals surface area contributed by atoms with Gasteiger partial charge in [-0.25, -0.2) is 0 Å². The zero-order chi connectivity index (χ0) is 16.5. The molecular formula is C17H28IN3O3. The van der Waals surface area contributed by atoms with Crippen LogP contribution in [-0.2, 0) is 4.74 Å². The number of benzene rings is 1. The van der Waals surface area contributed by atoms with Crippen LogP contribution < -0.4 is 20.1 Å². The highest BCUT2D eigenvalue weighted by Gasteiger charge is 2.15. The fourth-order valence-corrected chi connectivity index (χ4v) is 2.56. The number of rotatable bonds is 7. The molecule has 1 unspecified atom stereocenters. The molecule has 1 atom stereocenters. The van der Waals surface area contributed by atoms with Crippen LogP contribution in [-0.4, -0.2) is 46.0 Å². The lowest BCUT2D eigenvalue weighted by Gasteiger charge is -2.15. The minimum Gasteiger partial charge on any atom is -0.493 e. The molecule has 1 aliphatic heterocycles. The summed E-state index contributed by atoms with van der Waals surface area (Å²) in [5.74, 6) is 2.17. The second kappa shape index (κ2) is 11.4. The van der Waals surface area contributed by atoms with Crippen molar-refractivity contribution in [1.29, 1.82) is 0 Å². The second-order valence-corrected chi connectivity index (χ2v) is 5.35. The summed E-state index contributed by atoms with van der Waals surface area (Å²) in [5.41, 5.74) is 0.902. The standard InChI is InChI=1S/C17H27N3O3.HI/c1-4-22-16-12-13(7-8-15(16)21-3)20-17(18-2)19-10-9-14-6-5-11-23-14;/h7-8,12,14H,4-6,9-11H2,1-3H3,(H2,18,19,20);1H. The molecule has 0 aliphatic carbocycles. The molecule has 1 aromatic carbocycles. The van der Waals surface area contributed by atoms with E-state index in [1.165, 1.54) is 6.42 Å². The number of ether oxygens (including phenoxy) is 3. The molecule has 1 aliphatic rings. The van der Waals surface area contributed by atoms with E-state index in [2.05, 4.69) is 15.6 Å². The number of hydrogen-bond acceptors (Lipinski definition) is 4. The minimum absolute atomic E-state index is 0. The summed E-state index contributed by atoms with van der Waals surface area (Å²) in [4.78, 5) is 4.25. The molecule has 0 radical (unpaired) electrons. The van der Waals surface area contributed by atoms with Crippen molar-refractivity contribution in [3.63, 3.8) is 0 Å².